The molecule has 0 aliphatic carbocycles. The van der Waals surface area contributed by atoms with Crippen molar-refractivity contribution in [3.8, 4) is 0 Å². The fourth-order valence-corrected chi connectivity index (χ4v) is 2.93. The zero-order valence-electron chi connectivity index (χ0n) is 12.6. The molecule has 1 unspecified atom stereocenters. The minimum atomic E-state index is 0.206. The second kappa shape index (κ2) is 7.93. The lowest BCUT2D eigenvalue weighted by Crippen LogP contribution is -2.41. The van der Waals surface area contributed by atoms with Crippen molar-refractivity contribution in [3.05, 3.63) is 52.4 Å². The molecule has 0 radical (unpaired) electrons. The van der Waals surface area contributed by atoms with Gasteiger partial charge in [0.1, 0.15) is 11.0 Å². The third-order valence-corrected chi connectivity index (χ3v) is 4.26. The lowest BCUT2D eigenvalue weighted by molar-refractivity contribution is 0.0187. The summed E-state index contributed by atoms with van der Waals surface area (Å²) in [6.45, 7) is 4.01. The molecule has 1 atom stereocenters. The van der Waals surface area contributed by atoms with E-state index in [1.54, 1.807) is 6.20 Å². The van der Waals surface area contributed by atoms with E-state index in [9.17, 15) is 0 Å². The molecule has 5 nitrogen and oxygen atoms in total. The lowest BCUT2D eigenvalue weighted by atomic mass is 10.0. The van der Waals surface area contributed by atoms with Gasteiger partial charge in [-0.05, 0) is 17.7 Å². The predicted molar refractivity (Wildman–Crippen MR) is 92.1 cm³/mol. The third-order valence-electron chi connectivity index (χ3n) is 3.82. The summed E-state index contributed by atoms with van der Waals surface area (Å²) in [6.07, 6.45) is 3.19. The van der Waals surface area contributed by atoms with Crippen molar-refractivity contribution in [1.29, 1.82) is 0 Å². The summed E-state index contributed by atoms with van der Waals surface area (Å²) >= 11 is 11.9. The van der Waals surface area contributed by atoms with E-state index in [0.29, 0.717) is 17.5 Å². The van der Waals surface area contributed by atoms with E-state index in [1.807, 2.05) is 12.1 Å². The average Bonchev–Trinajstić information content (AvgIpc) is 2.58. The Kier molecular flexibility index (Phi) is 5.67. The Morgan fingerprint density at radius 2 is 1.87 bits per heavy atom. The van der Waals surface area contributed by atoms with Crippen LogP contribution in [-0.2, 0) is 4.74 Å². The molecule has 1 saturated heterocycles. The van der Waals surface area contributed by atoms with E-state index in [2.05, 4.69) is 32.3 Å². The number of ether oxygens (including phenoxy) is 1. The Labute approximate surface area is 145 Å². The van der Waals surface area contributed by atoms with Gasteiger partial charge in [0.05, 0.1) is 31.6 Å². The summed E-state index contributed by atoms with van der Waals surface area (Å²) in [6, 6.07) is 8.17. The van der Waals surface area contributed by atoms with Gasteiger partial charge in [-0.25, -0.2) is 4.98 Å². The summed E-state index contributed by atoms with van der Waals surface area (Å²) in [7, 11) is 0. The second-order valence-corrected chi connectivity index (χ2v) is 6.15. The average molecular weight is 353 g/mol. The van der Waals surface area contributed by atoms with Crippen LogP contribution in [0.3, 0.4) is 0 Å². The number of anilines is 1. The first-order chi connectivity index (χ1) is 11.2. The molecule has 7 heteroatoms. The Morgan fingerprint density at radius 1 is 1.13 bits per heavy atom. The first-order valence-corrected chi connectivity index (χ1v) is 8.26. The SMILES string of the molecule is Clc1ccc(C(CNc2cncc(Cl)n2)N2CCOCC2)cc1. The van der Waals surface area contributed by atoms with Gasteiger partial charge in [-0.1, -0.05) is 35.3 Å². The number of morpholine rings is 1. The van der Waals surface area contributed by atoms with Crippen LogP contribution >= 0.6 is 23.2 Å². The topological polar surface area (TPSA) is 50.3 Å². The van der Waals surface area contributed by atoms with E-state index in [1.165, 1.54) is 11.8 Å². The molecule has 1 aliphatic rings. The summed E-state index contributed by atoms with van der Waals surface area (Å²) in [5.41, 5.74) is 1.21. The molecule has 1 fully saturated rings. The monoisotopic (exact) mass is 352 g/mol. The first-order valence-electron chi connectivity index (χ1n) is 7.51. The van der Waals surface area contributed by atoms with Crippen LogP contribution in [0.25, 0.3) is 0 Å². The van der Waals surface area contributed by atoms with Gasteiger partial charge in [0.15, 0.2) is 0 Å². The van der Waals surface area contributed by atoms with Gasteiger partial charge in [0, 0.05) is 24.7 Å². The van der Waals surface area contributed by atoms with E-state index in [4.69, 9.17) is 27.9 Å². The molecular formula is C16H18Cl2N4O. The number of aromatic nitrogens is 2. The maximum Gasteiger partial charge on any atom is 0.149 e. The molecule has 3 rings (SSSR count). The van der Waals surface area contributed by atoms with Gasteiger partial charge in [0.25, 0.3) is 0 Å². The van der Waals surface area contributed by atoms with Crippen molar-refractivity contribution in [2.75, 3.05) is 38.2 Å². The van der Waals surface area contributed by atoms with Gasteiger partial charge in [-0.3, -0.25) is 9.88 Å². The largest absolute Gasteiger partial charge is 0.379 e. The minimum Gasteiger partial charge on any atom is -0.379 e. The molecule has 1 N–H and O–H groups in total. The highest BCUT2D eigenvalue weighted by atomic mass is 35.5. The standard InChI is InChI=1S/C16H18Cl2N4O/c17-13-3-1-12(2-4-13)14(22-5-7-23-8-6-22)9-20-16-11-19-10-15(18)21-16/h1-4,10-11,14H,5-9H2,(H,20,21). The second-order valence-electron chi connectivity index (χ2n) is 5.32. The third kappa shape index (κ3) is 4.54. The van der Waals surface area contributed by atoms with Gasteiger partial charge in [-0.2, -0.15) is 0 Å². The molecule has 0 amide bonds. The van der Waals surface area contributed by atoms with E-state index >= 15 is 0 Å². The summed E-state index contributed by atoms with van der Waals surface area (Å²) in [4.78, 5) is 10.7. The fraction of sp³-hybridized carbons (Fsp3) is 0.375. The summed E-state index contributed by atoms with van der Waals surface area (Å²) < 4.78 is 5.46. The van der Waals surface area contributed by atoms with Gasteiger partial charge >= 0.3 is 0 Å². The van der Waals surface area contributed by atoms with Gasteiger partial charge < -0.3 is 10.1 Å². The molecule has 1 aromatic carbocycles. The van der Waals surface area contributed by atoms with E-state index in [0.717, 1.165) is 31.3 Å². The van der Waals surface area contributed by atoms with Crippen LogP contribution in [0.1, 0.15) is 11.6 Å². The number of benzene rings is 1. The van der Waals surface area contributed by atoms with Gasteiger partial charge in [-0.15, -0.1) is 0 Å². The highest BCUT2D eigenvalue weighted by Gasteiger charge is 2.22. The van der Waals surface area contributed by atoms with Crippen molar-refractivity contribution in [3.63, 3.8) is 0 Å². The number of nitrogens with zero attached hydrogens (tertiary/aromatic N) is 3. The zero-order valence-corrected chi connectivity index (χ0v) is 14.1. The molecule has 0 saturated carbocycles. The Bertz CT molecular complexity index is 632. The smallest absolute Gasteiger partial charge is 0.149 e. The molecule has 1 aromatic heterocycles. The number of rotatable bonds is 5. The fourth-order valence-electron chi connectivity index (χ4n) is 2.66. The van der Waals surface area contributed by atoms with Crippen LogP contribution in [0.2, 0.25) is 10.2 Å². The maximum atomic E-state index is 6.01. The summed E-state index contributed by atoms with van der Waals surface area (Å²) in [5, 5.41) is 4.44. The number of hydrogen-bond acceptors (Lipinski definition) is 5. The highest BCUT2D eigenvalue weighted by molar-refractivity contribution is 6.30. The number of halogens is 2. The van der Waals surface area contributed by atoms with Crippen molar-refractivity contribution in [1.82, 2.24) is 14.9 Å². The maximum absolute atomic E-state index is 6.01. The molecule has 2 heterocycles. The number of hydrogen-bond donors (Lipinski definition) is 1. The van der Waals surface area contributed by atoms with Crippen molar-refractivity contribution < 1.29 is 4.74 Å². The van der Waals surface area contributed by atoms with Gasteiger partial charge in [0.2, 0.25) is 0 Å². The Hall–Kier alpha value is -1.40. The van der Waals surface area contributed by atoms with E-state index < -0.39 is 0 Å². The van der Waals surface area contributed by atoms with Crippen molar-refractivity contribution in [2.45, 2.75) is 6.04 Å². The zero-order chi connectivity index (χ0) is 16.1. The van der Waals surface area contributed by atoms with Crippen LogP contribution in [0.4, 0.5) is 5.82 Å². The molecule has 23 heavy (non-hydrogen) atoms. The predicted octanol–water partition coefficient (Wildman–Crippen LogP) is 3.27. The van der Waals surface area contributed by atoms with Crippen LogP contribution < -0.4 is 5.32 Å². The highest BCUT2D eigenvalue weighted by Crippen LogP contribution is 2.24. The van der Waals surface area contributed by atoms with Crippen molar-refractivity contribution >= 4 is 29.0 Å². The Balaban J connectivity index is 1.75. The summed E-state index contributed by atoms with van der Waals surface area (Å²) in [5.74, 6) is 0.671. The lowest BCUT2D eigenvalue weighted by Gasteiger charge is -2.35. The van der Waals surface area contributed by atoms with E-state index in [-0.39, 0.29) is 6.04 Å². The normalized spacial score (nSPS) is 17.0. The van der Waals surface area contributed by atoms with Crippen LogP contribution in [0.5, 0.6) is 0 Å². The minimum absolute atomic E-state index is 0.206. The van der Waals surface area contributed by atoms with Crippen molar-refractivity contribution in [2.24, 2.45) is 0 Å². The molecule has 0 spiro atoms. The Morgan fingerprint density at radius 3 is 2.57 bits per heavy atom. The van der Waals surface area contributed by atoms with Crippen LogP contribution in [0.15, 0.2) is 36.7 Å². The number of nitrogens with one attached hydrogen (secondary N) is 1. The van der Waals surface area contributed by atoms with Crippen LogP contribution in [-0.4, -0.2) is 47.7 Å². The molecule has 0 bridgehead atoms. The molecule has 2 aromatic rings. The first kappa shape index (κ1) is 16.5. The van der Waals surface area contributed by atoms with Crippen LogP contribution in [0, 0.1) is 0 Å². The molecular weight excluding hydrogens is 335 g/mol. The molecule has 1 aliphatic heterocycles. The molecule has 122 valence electrons. The quantitative estimate of drug-likeness (QED) is 0.894.